The molecule has 1 rings (SSSR count). The van der Waals surface area contributed by atoms with Crippen LogP contribution in [0.1, 0.15) is 31.1 Å². The minimum Gasteiger partial charge on any atom is -0.481 e. The Morgan fingerprint density at radius 1 is 1.36 bits per heavy atom. The molecule has 7 heteroatoms. The molecule has 25 heavy (non-hydrogen) atoms. The lowest BCUT2D eigenvalue weighted by atomic mass is 9.95. The Morgan fingerprint density at radius 2 is 1.96 bits per heavy atom. The number of nitrogens with two attached hydrogens (primary N) is 1. The van der Waals surface area contributed by atoms with Crippen molar-refractivity contribution in [2.75, 3.05) is 6.61 Å². The summed E-state index contributed by atoms with van der Waals surface area (Å²) in [6.45, 7) is 8.80. The van der Waals surface area contributed by atoms with Crippen LogP contribution >= 0.6 is 0 Å². The summed E-state index contributed by atoms with van der Waals surface area (Å²) in [6.07, 6.45) is 0. The van der Waals surface area contributed by atoms with Crippen molar-refractivity contribution in [1.29, 1.82) is 0 Å². The normalized spacial score (nSPS) is 11.6. The molecule has 0 aliphatic heterocycles. The molecule has 0 saturated heterocycles. The summed E-state index contributed by atoms with van der Waals surface area (Å²) >= 11 is 0. The summed E-state index contributed by atoms with van der Waals surface area (Å²) in [7, 11) is 0. The van der Waals surface area contributed by atoms with Crippen LogP contribution in [0.3, 0.4) is 0 Å². The summed E-state index contributed by atoms with van der Waals surface area (Å²) in [6, 6.07) is 5.24. The first-order valence-electron chi connectivity index (χ1n) is 7.56. The van der Waals surface area contributed by atoms with Crippen molar-refractivity contribution >= 4 is 11.8 Å². The first-order valence-corrected chi connectivity index (χ1v) is 7.56. The highest BCUT2D eigenvalue weighted by atomic mass is 16.5. The molecule has 0 spiro atoms. The molecule has 0 bridgehead atoms. The van der Waals surface area contributed by atoms with Gasteiger partial charge in [-0.1, -0.05) is 18.4 Å². The van der Waals surface area contributed by atoms with Crippen molar-refractivity contribution in [2.45, 2.75) is 32.4 Å². The van der Waals surface area contributed by atoms with Gasteiger partial charge in [0.15, 0.2) is 0 Å². The zero-order chi connectivity index (χ0) is 19.0. The molecule has 7 nitrogen and oxygen atoms in total. The van der Waals surface area contributed by atoms with Gasteiger partial charge in [-0.15, -0.1) is 0 Å². The number of hydrogen-bond acceptors (Lipinski definition) is 5. The van der Waals surface area contributed by atoms with E-state index in [9.17, 15) is 9.59 Å². The van der Waals surface area contributed by atoms with Gasteiger partial charge in [0.1, 0.15) is 18.4 Å². The van der Waals surface area contributed by atoms with Gasteiger partial charge in [-0.3, -0.25) is 14.8 Å². The van der Waals surface area contributed by atoms with E-state index in [2.05, 4.69) is 23.7 Å². The van der Waals surface area contributed by atoms with Crippen LogP contribution in [0, 0.1) is 11.8 Å². The summed E-state index contributed by atoms with van der Waals surface area (Å²) < 4.78 is 5.42. The van der Waals surface area contributed by atoms with Crippen LogP contribution in [0.2, 0.25) is 0 Å². The molecule has 5 N–H and O–H groups in total. The summed E-state index contributed by atoms with van der Waals surface area (Å²) in [4.78, 5) is 23.9. The minimum atomic E-state index is -1.10. The zero-order valence-electron chi connectivity index (χ0n) is 14.6. The van der Waals surface area contributed by atoms with Gasteiger partial charge in [0.2, 0.25) is 0 Å². The van der Waals surface area contributed by atoms with Gasteiger partial charge in [0.05, 0.1) is 0 Å². The maximum absolute atomic E-state index is 12.3. The van der Waals surface area contributed by atoms with Gasteiger partial charge >= 0.3 is 0 Å². The average Bonchev–Trinajstić information content (AvgIpc) is 2.55. The van der Waals surface area contributed by atoms with Gasteiger partial charge in [0.25, 0.3) is 11.8 Å². The second-order valence-corrected chi connectivity index (χ2v) is 6.10. The van der Waals surface area contributed by atoms with Crippen LogP contribution in [-0.4, -0.2) is 35.2 Å². The Labute approximate surface area is 147 Å². The van der Waals surface area contributed by atoms with E-state index in [4.69, 9.17) is 15.7 Å². The Balaban J connectivity index is 2.75. The van der Waals surface area contributed by atoms with Gasteiger partial charge < -0.3 is 15.8 Å². The maximum atomic E-state index is 12.3. The van der Waals surface area contributed by atoms with Gasteiger partial charge in [-0.2, -0.15) is 0 Å². The standard InChI is InChI=1S/C18H23N3O4/c1-12(2)6-5-11-25-14-9-7-13(8-10-14)16(22)20-15(17(23)21-24)18(3,4)19/h7-10,15,24H,1,11,19H2,2-4H3,(H,20,22)(H,21,23)/t15-/m1/s1. The van der Waals surface area contributed by atoms with Crippen LogP contribution in [0.25, 0.3) is 0 Å². The number of ether oxygens (including phenoxy) is 1. The highest BCUT2D eigenvalue weighted by Crippen LogP contribution is 2.13. The molecular formula is C18H23N3O4. The Bertz CT molecular complexity index is 694. The molecule has 0 radical (unpaired) electrons. The second kappa shape index (κ2) is 8.87. The quantitative estimate of drug-likeness (QED) is 0.349. The average molecular weight is 345 g/mol. The highest BCUT2D eigenvalue weighted by Gasteiger charge is 2.33. The number of allylic oxidation sites excluding steroid dienone is 1. The first-order chi connectivity index (χ1) is 11.6. The summed E-state index contributed by atoms with van der Waals surface area (Å²) in [5.74, 6) is 4.85. The third kappa shape index (κ3) is 6.67. The third-order valence-corrected chi connectivity index (χ3v) is 3.12. The number of hydroxylamine groups is 1. The second-order valence-electron chi connectivity index (χ2n) is 6.10. The van der Waals surface area contributed by atoms with Gasteiger partial charge in [0, 0.05) is 11.1 Å². The van der Waals surface area contributed by atoms with Crippen LogP contribution < -0.4 is 21.3 Å². The smallest absolute Gasteiger partial charge is 0.267 e. The van der Waals surface area contributed by atoms with Crippen molar-refractivity contribution < 1.29 is 19.5 Å². The van der Waals surface area contributed by atoms with Crippen molar-refractivity contribution in [1.82, 2.24) is 10.8 Å². The lowest BCUT2D eigenvalue weighted by Gasteiger charge is -2.29. The Hall–Kier alpha value is -2.82. The molecule has 2 amide bonds. The summed E-state index contributed by atoms with van der Waals surface area (Å²) in [5, 5.41) is 11.3. The van der Waals surface area contributed by atoms with E-state index >= 15 is 0 Å². The van der Waals surface area contributed by atoms with Crippen LogP contribution in [0.4, 0.5) is 0 Å². The van der Waals surface area contributed by atoms with E-state index < -0.39 is 23.4 Å². The van der Waals surface area contributed by atoms with Crippen molar-refractivity contribution in [3.8, 4) is 17.6 Å². The topological polar surface area (TPSA) is 114 Å². The van der Waals surface area contributed by atoms with E-state index in [0.717, 1.165) is 5.57 Å². The van der Waals surface area contributed by atoms with Gasteiger partial charge in [-0.25, -0.2) is 5.48 Å². The molecule has 0 saturated carbocycles. The first kappa shape index (κ1) is 20.2. The number of nitrogens with one attached hydrogen (secondary N) is 2. The van der Waals surface area contributed by atoms with Gasteiger partial charge in [-0.05, 0) is 50.6 Å². The van der Waals surface area contributed by atoms with E-state index in [1.54, 1.807) is 45.0 Å². The Kier molecular flexibility index (Phi) is 7.18. The Morgan fingerprint density at radius 3 is 2.44 bits per heavy atom. The largest absolute Gasteiger partial charge is 0.481 e. The van der Waals surface area contributed by atoms with E-state index in [1.165, 1.54) is 5.48 Å². The SMILES string of the molecule is C=C(C)C#CCOc1ccc(C(=O)N[C@H](C(=O)NO)C(C)(C)N)cc1. The molecule has 1 aromatic rings. The monoisotopic (exact) mass is 345 g/mol. The van der Waals surface area contributed by atoms with Crippen LogP contribution in [0.5, 0.6) is 5.75 Å². The van der Waals surface area contributed by atoms with Crippen LogP contribution in [0.15, 0.2) is 36.4 Å². The van der Waals surface area contributed by atoms with Crippen molar-refractivity contribution in [3.05, 3.63) is 42.0 Å². The molecule has 134 valence electrons. The number of carbonyl (C=O) groups excluding carboxylic acids is 2. The molecule has 1 aromatic carbocycles. The minimum absolute atomic E-state index is 0.207. The molecular weight excluding hydrogens is 322 g/mol. The number of carbonyl (C=O) groups is 2. The fourth-order valence-electron chi connectivity index (χ4n) is 1.88. The maximum Gasteiger partial charge on any atom is 0.267 e. The molecule has 1 atom stereocenters. The highest BCUT2D eigenvalue weighted by molar-refractivity contribution is 5.97. The molecule has 0 unspecified atom stereocenters. The number of amides is 2. The lowest BCUT2D eigenvalue weighted by molar-refractivity contribution is -0.132. The third-order valence-electron chi connectivity index (χ3n) is 3.12. The predicted octanol–water partition coefficient (Wildman–Crippen LogP) is 0.986. The molecule has 0 aromatic heterocycles. The van der Waals surface area contributed by atoms with Crippen LogP contribution in [-0.2, 0) is 4.79 Å². The fourth-order valence-corrected chi connectivity index (χ4v) is 1.88. The lowest BCUT2D eigenvalue weighted by Crippen LogP contribution is -2.61. The molecule has 0 heterocycles. The summed E-state index contributed by atoms with van der Waals surface area (Å²) in [5.41, 5.74) is 7.38. The molecule has 0 aliphatic carbocycles. The predicted molar refractivity (Wildman–Crippen MR) is 94.0 cm³/mol. The molecule has 0 fully saturated rings. The zero-order valence-corrected chi connectivity index (χ0v) is 14.6. The van der Waals surface area contributed by atoms with E-state index in [1.807, 2.05) is 0 Å². The van der Waals surface area contributed by atoms with E-state index in [0.29, 0.717) is 11.3 Å². The van der Waals surface area contributed by atoms with Crippen molar-refractivity contribution in [3.63, 3.8) is 0 Å². The number of benzene rings is 1. The molecule has 0 aliphatic rings. The van der Waals surface area contributed by atoms with Crippen molar-refractivity contribution in [2.24, 2.45) is 5.73 Å². The number of rotatable bonds is 6. The van der Waals surface area contributed by atoms with E-state index in [-0.39, 0.29) is 6.61 Å². The number of hydrogen-bond donors (Lipinski definition) is 4. The fraction of sp³-hybridized carbons (Fsp3) is 0.333.